The second kappa shape index (κ2) is 5.13. The fraction of sp³-hybridized carbons (Fsp3) is 0. The minimum Gasteiger partial charge on any atom is -0.436 e. The number of oxazole rings is 1. The summed E-state index contributed by atoms with van der Waals surface area (Å²) in [5.41, 5.74) is 1.73. The number of hydrogen-bond acceptors (Lipinski definition) is 2. The summed E-state index contributed by atoms with van der Waals surface area (Å²) in [5.74, 6) is 0.594. The van der Waals surface area contributed by atoms with Crippen molar-refractivity contribution in [2.75, 3.05) is 0 Å². The molecular formula is C17H12FNO. The van der Waals surface area contributed by atoms with Gasteiger partial charge >= 0.3 is 0 Å². The van der Waals surface area contributed by atoms with Crippen molar-refractivity contribution in [1.29, 1.82) is 0 Å². The lowest BCUT2D eigenvalue weighted by Gasteiger charge is -1.98. The Labute approximate surface area is 116 Å². The molecule has 0 saturated heterocycles. The summed E-state index contributed by atoms with van der Waals surface area (Å²) in [6.07, 6.45) is 1.54. The van der Waals surface area contributed by atoms with E-state index >= 15 is 0 Å². The molecule has 0 N–H and O–H groups in total. The monoisotopic (exact) mass is 265 g/mol. The lowest BCUT2D eigenvalue weighted by Crippen LogP contribution is -1.86. The van der Waals surface area contributed by atoms with Gasteiger partial charge in [-0.15, -0.1) is 0 Å². The molecule has 3 rings (SSSR count). The molecule has 0 aliphatic carbocycles. The summed E-state index contributed by atoms with van der Waals surface area (Å²) in [6, 6.07) is 16.0. The van der Waals surface area contributed by atoms with Crippen LogP contribution in [0.2, 0.25) is 0 Å². The van der Waals surface area contributed by atoms with Gasteiger partial charge in [-0.2, -0.15) is 0 Å². The number of benzene rings is 2. The summed E-state index contributed by atoms with van der Waals surface area (Å²) >= 11 is 0. The van der Waals surface area contributed by atoms with Crippen LogP contribution in [0.4, 0.5) is 4.39 Å². The number of hydrogen-bond donors (Lipinski definition) is 0. The Morgan fingerprint density at radius 1 is 1.00 bits per heavy atom. The molecule has 20 heavy (non-hydrogen) atoms. The highest BCUT2D eigenvalue weighted by Crippen LogP contribution is 2.30. The Hall–Kier alpha value is -2.68. The number of aromatic nitrogens is 1. The molecule has 0 fully saturated rings. The SMILES string of the molecule is C=Cc1oc(-c2ccccc2)nc1-c1ccccc1F. The second-order valence-corrected chi connectivity index (χ2v) is 4.28. The van der Waals surface area contributed by atoms with Crippen LogP contribution in [0.5, 0.6) is 0 Å². The molecule has 0 bridgehead atoms. The minimum atomic E-state index is -0.330. The van der Waals surface area contributed by atoms with Gasteiger partial charge in [0.25, 0.3) is 0 Å². The molecule has 0 atom stereocenters. The van der Waals surface area contributed by atoms with Gasteiger partial charge in [-0.25, -0.2) is 9.37 Å². The topological polar surface area (TPSA) is 26.0 Å². The van der Waals surface area contributed by atoms with Crippen LogP contribution in [0.25, 0.3) is 28.8 Å². The lowest BCUT2D eigenvalue weighted by molar-refractivity contribution is 0.565. The van der Waals surface area contributed by atoms with Crippen molar-refractivity contribution < 1.29 is 8.81 Å². The first-order valence-electron chi connectivity index (χ1n) is 6.23. The third-order valence-electron chi connectivity index (χ3n) is 2.99. The Bertz CT molecular complexity index is 747. The summed E-state index contributed by atoms with van der Waals surface area (Å²) < 4.78 is 19.6. The van der Waals surface area contributed by atoms with Crippen LogP contribution in [0.3, 0.4) is 0 Å². The van der Waals surface area contributed by atoms with E-state index in [2.05, 4.69) is 11.6 Å². The summed E-state index contributed by atoms with van der Waals surface area (Å²) in [4.78, 5) is 4.40. The van der Waals surface area contributed by atoms with E-state index in [4.69, 9.17) is 4.42 Å². The fourth-order valence-electron chi connectivity index (χ4n) is 2.02. The molecule has 2 nitrogen and oxygen atoms in total. The normalized spacial score (nSPS) is 10.4. The summed E-state index contributed by atoms with van der Waals surface area (Å²) in [6.45, 7) is 3.70. The fourth-order valence-corrected chi connectivity index (χ4v) is 2.02. The van der Waals surface area contributed by atoms with E-state index in [0.717, 1.165) is 5.56 Å². The highest BCUT2D eigenvalue weighted by atomic mass is 19.1. The van der Waals surface area contributed by atoms with Crippen molar-refractivity contribution in [2.24, 2.45) is 0 Å². The van der Waals surface area contributed by atoms with Crippen LogP contribution in [0.15, 0.2) is 65.6 Å². The first-order valence-corrected chi connectivity index (χ1v) is 6.23. The smallest absolute Gasteiger partial charge is 0.227 e. The van der Waals surface area contributed by atoms with Gasteiger partial charge < -0.3 is 4.42 Å². The third-order valence-corrected chi connectivity index (χ3v) is 2.99. The first kappa shape index (κ1) is 12.4. The van der Waals surface area contributed by atoms with Gasteiger partial charge in [-0.05, 0) is 30.3 Å². The Morgan fingerprint density at radius 3 is 2.40 bits per heavy atom. The van der Waals surface area contributed by atoms with E-state index < -0.39 is 0 Å². The average Bonchev–Trinajstić information content (AvgIpc) is 2.93. The van der Waals surface area contributed by atoms with Crippen LogP contribution in [-0.2, 0) is 0 Å². The highest BCUT2D eigenvalue weighted by Gasteiger charge is 2.16. The maximum Gasteiger partial charge on any atom is 0.227 e. The van der Waals surface area contributed by atoms with Crippen molar-refractivity contribution >= 4 is 6.08 Å². The molecule has 1 heterocycles. The lowest BCUT2D eigenvalue weighted by atomic mass is 10.1. The maximum atomic E-state index is 13.9. The van der Waals surface area contributed by atoms with Crippen LogP contribution in [0.1, 0.15) is 5.76 Å². The van der Waals surface area contributed by atoms with Crippen molar-refractivity contribution in [3.05, 3.63) is 72.8 Å². The number of halogens is 1. The molecule has 0 spiro atoms. The van der Waals surface area contributed by atoms with Crippen molar-refractivity contribution in [1.82, 2.24) is 4.98 Å². The minimum absolute atomic E-state index is 0.330. The van der Waals surface area contributed by atoms with Gasteiger partial charge in [-0.3, -0.25) is 0 Å². The van der Waals surface area contributed by atoms with E-state index in [1.807, 2.05) is 30.3 Å². The zero-order chi connectivity index (χ0) is 13.9. The molecule has 3 aromatic rings. The first-order chi connectivity index (χ1) is 9.79. The van der Waals surface area contributed by atoms with Crippen LogP contribution in [-0.4, -0.2) is 4.98 Å². The van der Waals surface area contributed by atoms with Gasteiger partial charge in [0, 0.05) is 11.1 Å². The Balaban J connectivity index is 2.16. The molecule has 0 unspecified atom stereocenters. The summed E-state index contributed by atoms with van der Waals surface area (Å²) in [7, 11) is 0. The molecule has 3 heteroatoms. The molecule has 98 valence electrons. The van der Waals surface area contributed by atoms with Crippen molar-refractivity contribution in [3.8, 4) is 22.7 Å². The number of nitrogens with zero attached hydrogens (tertiary/aromatic N) is 1. The summed E-state index contributed by atoms with van der Waals surface area (Å²) in [5, 5.41) is 0. The quantitative estimate of drug-likeness (QED) is 0.680. The second-order valence-electron chi connectivity index (χ2n) is 4.28. The molecule has 0 aliphatic rings. The van der Waals surface area contributed by atoms with E-state index in [0.29, 0.717) is 22.9 Å². The highest BCUT2D eigenvalue weighted by molar-refractivity contribution is 5.71. The molecule has 0 saturated carbocycles. The molecule has 0 aliphatic heterocycles. The van der Waals surface area contributed by atoms with Gasteiger partial charge in [0.2, 0.25) is 5.89 Å². The largest absolute Gasteiger partial charge is 0.436 e. The third kappa shape index (κ3) is 2.14. The number of rotatable bonds is 3. The maximum absolute atomic E-state index is 13.9. The Kier molecular flexibility index (Phi) is 3.17. The molecule has 2 aromatic carbocycles. The van der Waals surface area contributed by atoms with E-state index in [1.165, 1.54) is 6.07 Å². The van der Waals surface area contributed by atoms with E-state index in [-0.39, 0.29) is 5.82 Å². The van der Waals surface area contributed by atoms with Gasteiger partial charge in [0.1, 0.15) is 11.5 Å². The molecule has 0 radical (unpaired) electrons. The van der Waals surface area contributed by atoms with Crippen LogP contribution >= 0.6 is 0 Å². The standard InChI is InChI=1S/C17H12FNO/c1-2-15-16(13-10-6-7-11-14(13)18)19-17(20-15)12-8-4-3-5-9-12/h2-11H,1H2. The van der Waals surface area contributed by atoms with E-state index in [1.54, 1.807) is 24.3 Å². The van der Waals surface area contributed by atoms with E-state index in [9.17, 15) is 4.39 Å². The predicted molar refractivity (Wildman–Crippen MR) is 77.4 cm³/mol. The van der Waals surface area contributed by atoms with Crippen LogP contribution in [0, 0.1) is 5.82 Å². The van der Waals surface area contributed by atoms with Gasteiger partial charge in [-0.1, -0.05) is 36.9 Å². The van der Waals surface area contributed by atoms with Crippen molar-refractivity contribution in [2.45, 2.75) is 0 Å². The van der Waals surface area contributed by atoms with Gasteiger partial charge in [0.15, 0.2) is 5.76 Å². The van der Waals surface area contributed by atoms with Crippen molar-refractivity contribution in [3.63, 3.8) is 0 Å². The van der Waals surface area contributed by atoms with Gasteiger partial charge in [0.05, 0.1) is 0 Å². The molecule has 0 amide bonds. The van der Waals surface area contributed by atoms with Crippen LogP contribution < -0.4 is 0 Å². The average molecular weight is 265 g/mol. The Morgan fingerprint density at radius 2 is 1.70 bits per heavy atom. The molecular weight excluding hydrogens is 253 g/mol. The molecule has 1 aromatic heterocycles. The zero-order valence-corrected chi connectivity index (χ0v) is 10.7. The zero-order valence-electron chi connectivity index (χ0n) is 10.7. The predicted octanol–water partition coefficient (Wildman–Crippen LogP) is 4.79.